The molecule has 1 saturated heterocycles. The third-order valence-corrected chi connectivity index (χ3v) is 6.52. The predicted octanol–water partition coefficient (Wildman–Crippen LogP) is 4.92. The second-order valence-corrected chi connectivity index (χ2v) is 8.63. The average Bonchev–Trinajstić information content (AvgIpc) is 3.24. The number of benzene rings is 1. The molecule has 1 aliphatic carbocycles. The summed E-state index contributed by atoms with van der Waals surface area (Å²) in [5.74, 6) is 1.40. The minimum Gasteiger partial charge on any atom is -0.385 e. The minimum absolute atomic E-state index is 0. The van der Waals surface area contributed by atoms with Gasteiger partial charge < -0.3 is 20.1 Å². The zero-order valence-corrected chi connectivity index (χ0v) is 21.0. The molecule has 170 valence electrons. The minimum atomic E-state index is 0. The first-order valence-corrected chi connectivity index (χ1v) is 11.4. The molecule has 1 aromatic carbocycles. The zero-order chi connectivity index (χ0) is 20.4. The molecule has 6 heteroatoms. The molecule has 2 unspecified atom stereocenters. The molecule has 5 nitrogen and oxygen atoms in total. The van der Waals surface area contributed by atoms with Gasteiger partial charge in [0.1, 0.15) is 0 Å². The fourth-order valence-corrected chi connectivity index (χ4v) is 4.81. The highest BCUT2D eigenvalue weighted by Gasteiger charge is 2.33. The van der Waals surface area contributed by atoms with E-state index in [-0.39, 0.29) is 30.1 Å². The van der Waals surface area contributed by atoms with Crippen LogP contribution in [0, 0.1) is 11.3 Å². The Morgan fingerprint density at radius 3 is 2.63 bits per heavy atom. The molecule has 1 aliphatic heterocycles. The van der Waals surface area contributed by atoms with Gasteiger partial charge in [-0.25, -0.2) is 0 Å². The maximum absolute atomic E-state index is 6.16. The fraction of sp³-hybridized carbons (Fsp3) is 0.708. The Kier molecular flexibility index (Phi) is 11.5. The van der Waals surface area contributed by atoms with Crippen LogP contribution in [-0.4, -0.2) is 45.9 Å². The predicted molar refractivity (Wildman–Crippen MR) is 135 cm³/mol. The summed E-state index contributed by atoms with van der Waals surface area (Å²) in [6.07, 6.45) is 8.77. The lowest BCUT2D eigenvalue weighted by atomic mass is 9.83. The van der Waals surface area contributed by atoms with Crippen LogP contribution >= 0.6 is 24.0 Å². The van der Waals surface area contributed by atoms with Gasteiger partial charge in [-0.3, -0.25) is 4.99 Å². The van der Waals surface area contributed by atoms with Crippen molar-refractivity contribution in [3.05, 3.63) is 35.9 Å². The van der Waals surface area contributed by atoms with Crippen molar-refractivity contribution in [2.75, 3.05) is 40.0 Å². The summed E-state index contributed by atoms with van der Waals surface area (Å²) in [6, 6.07) is 10.6. The van der Waals surface area contributed by atoms with Crippen LogP contribution in [0.3, 0.4) is 0 Å². The highest BCUT2D eigenvalue weighted by atomic mass is 127. The zero-order valence-electron chi connectivity index (χ0n) is 18.7. The van der Waals surface area contributed by atoms with E-state index in [0.717, 1.165) is 51.6 Å². The summed E-state index contributed by atoms with van der Waals surface area (Å²) in [5.41, 5.74) is 1.60. The van der Waals surface area contributed by atoms with E-state index >= 15 is 0 Å². The number of ether oxygens (including phenoxy) is 2. The monoisotopic (exact) mass is 529 g/mol. The van der Waals surface area contributed by atoms with Crippen LogP contribution in [0.1, 0.15) is 63.5 Å². The number of methoxy groups -OCH3 is 1. The first kappa shape index (κ1) is 25.4. The van der Waals surface area contributed by atoms with Crippen molar-refractivity contribution < 1.29 is 9.47 Å². The van der Waals surface area contributed by atoms with Crippen molar-refractivity contribution >= 4 is 29.9 Å². The van der Waals surface area contributed by atoms with Gasteiger partial charge in [0, 0.05) is 45.9 Å². The van der Waals surface area contributed by atoms with Gasteiger partial charge in [-0.15, -0.1) is 24.0 Å². The molecule has 0 spiro atoms. The number of hydrogen-bond acceptors (Lipinski definition) is 3. The Bertz CT molecular complexity index is 620. The summed E-state index contributed by atoms with van der Waals surface area (Å²) in [4.78, 5) is 5.00. The summed E-state index contributed by atoms with van der Waals surface area (Å²) < 4.78 is 11.5. The van der Waals surface area contributed by atoms with Gasteiger partial charge in [-0.2, -0.15) is 0 Å². The number of rotatable bonds is 9. The van der Waals surface area contributed by atoms with Crippen molar-refractivity contribution in [2.45, 2.75) is 58.0 Å². The van der Waals surface area contributed by atoms with Crippen LogP contribution in [0.2, 0.25) is 0 Å². The van der Waals surface area contributed by atoms with Crippen molar-refractivity contribution in [3.63, 3.8) is 0 Å². The molecule has 2 fully saturated rings. The molecule has 1 heterocycles. The SMILES string of the molecule is CCNC(=NCC1(CCOC)CCCC1)NCC1CCCOC1c1ccccc1.I. The smallest absolute Gasteiger partial charge is 0.191 e. The van der Waals surface area contributed by atoms with Crippen molar-refractivity contribution in [1.82, 2.24) is 10.6 Å². The summed E-state index contributed by atoms with van der Waals surface area (Å²) in [7, 11) is 1.80. The van der Waals surface area contributed by atoms with E-state index in [1.807, 2.05) is 0 Å². The van der Waals surface area contributed by atoms with Gasteiger partial charge in [-0.1, -0.05) is 43.2 Å². The van der Waals surface area contributed by atoms with Gasteiger partial charge in [0.2, 0.25) is 0 Å². The summed E-state index contributed by atoms with van der Waals surface area (Å²) >= 11 is 0. The van der Waals surface area contributed by atoms with Crippen LogP contribution in [0.5, 0.6) is 0 Å². The third kappa shape index (κ3) is 7.38. The number of guanidine groups is 1. The first-order chi connectivity index (χ1) is 14.3. The maximum atomic E-state index is 6.16. The number of hydrogen-bond donors (Lipinski definition) is 2. The van der Waals surface area contributed by atoms with Gasteiger partial charge in [0.05, 0.1) is 6.10 Å². The highest BCUT2D eigenvalue weighted by molar-refractivity contribution is 14.0. The molecule has 0 radical (unpaired) electrons. The number of aliphatic imine (C=N–C) groups is 1. The molecular weight excluding hydrogens is 489 g/mol. The lowest BCUT2D eigenvalue weighted by molar-refractivity contribution is -0.0265. The molecule has 0 bridgehead atoms. The molecule has 1 saturated carbocycles. The molecule has 0 amide bonds. The van der Waals surface area contributed by atoms with E-state index < -0.39 is 0 Å². The second-order valence-electron chi connectivity index (χ2n) is 8.63. The Morgan fingerprint density at radius 2 is 1.93 bits per heavy atom. The fourth-order valence-electron chi connectivity index (χ4n) is 4.81. The molecule has 1 aromatic rings. The standard InChI is InChI=1S/C24H39N3O2.HI/c1-3-25-23(27-19-24(15-17-28-2)13-7-8-14-24)26-18-21-12-9-16-29-22(21)20-10-5-4-6-11-20;/h4-6,10-11,21-22H,3,7-9,12-19H2,1-2H3,(H2,25,26,27);1H. The van der Waals surface area contributed by atoms with E-state index in [1.165, 1.54) is 37.7 Å². The number of nitrogens with zero attached hydrogens (tertiary/aromatic N) is 1. The number of halogens is 1. The Morgan fingerprint density at radius 1 is 1.17 bits per heavy atom. The molecule has 2 aliphatic rings. The maximum Gasteiger partial charge on any atom is 0.191 e. The van der Waals surface area contributed by atoms with Crippen LogP contribution in [0.4, 0.5) is 0 Å². The van der Waals surface area contributed by atoms with E-state index in [9.17, 15) is 0 Å². The lowest BCUT2D eigenvalue weighted by Gasteiger charge is -2.33. The highest BCUT2D eigenvalue weighted by Crippen LogP contribution is 2.41. The topological polar surface area (TPSA) is 54.9 Å². The van der Waals surface area contributed by atoms with Crippen LogP contribution in [0.25, 0.3) is 0 Å². The largest absolute Gasteiger partial charge is 0.385 e. The third-order valence-electron chi connectivity index (χ3n) is 6.52. The quantitative estimate of drug-likeness (QED) is 0.271. The second kappa shape index (κ2) is 13.5. The summed E-state index contributed by atoms with van der Waals surface area (Å²) in [6.45, 7) is 6.46. The van der Waals surface area contributed by atoms with Crippen LogP contribution in [0.15, 0.2) is 35.3 Å². The molecule has 2 atom stereocenters. The Hall–Kier alpha value is -0.860. The van der Waals surface area contributed by atoms with Crippen molar-refractivity contribution in [2.24, 2.45) is 16.3 Å². The van der Waals surface area contributed by atoms with Gasteiger partial charge in [-0.05, 0) is 50.0 Å². The van der Waals surface area contributed by atoms with Gasteiger partial charge in [0.15, 0.2) is 5.96 Å². The molecule has 30 heavy (non-hydrogen) atoms. The molecule has 0 aromatic heterocycles. The number of nitrogens with one attached hydrogen (secondary N) is 2. The molecule has 3 rings (SSSR count). The van der Waals surface area contributed by atoms with E-state index in [4.69, 9.17) is 14.5 Å². The van der Waals surface area contributed by atoms with Crippen molar-refractivity contribution in [3.8, 4) is 0 Å². The van der Waals surface area contributed by atoms with Crippen LogP contribution in [-0.2, 0) is 9.47 Å². The normalized spacial score (nSPS) is 23.6. The average molecular weight is 530 g/mol. The van der Waals surface area contributed by atoms with Crippen molar-refractivity contribution in [1.29, 1.82) is 0 Å². The van der Waals surface area contributed by atoms with Crippen LogP contribution < -0.4 is 10.6 Å². The van der Waals surface area contributed by atoms with E-state index in [2.05, 4.69) is 47.9 Å². The lowest BCUT2D eigenvalue weighted by Crippen LogP contribution is -2.42. The Balaban J connectivity index is 0.00000320. The summed E-state index contributed by atoms with van der Waals surface area (Å²) in [5, 5.41) is 7.06. The molecular formula is C24H40IN3O2. The first-order valence-electron chi connectivity index (χ1n) is 11.4. The molecule has 2 N–H and O–H groups in total. The Labute approximate surface area is 199 Å². The van der Waals surface area contributed by atoms with E-state index in [0.29, 0.717) is 11.3 Å². The van der Waals surface area contributed by atoms with Gasteiger partial charge in [0.25, 0.3) is 0 Å². The van der Waals surface area contributed by atoms with E-state index in [1.54, 1.807) is 7.11 Å². The van der Waals surface area contributed by atoms with Gasteiger partial charge >= 0.3 is 0 Å².